The van der Waals surface area contributed by atoms with Crippen LogP contribution in [-0.2, 0) is 0 Å². The zero-order valence-corrected chi connectivity index (χ0v) is 12.2. The average molecular weight is 378 g/mol. The van der Waals surface area contributed by atoms with Crippen LogP contribution in [0.4, 0.5) is 8.78 Å². The molecule has 2 aromatic rings. The summed E-state index contributed by atoms with van der Waals surface area (Å²) in [5.74, 6) is -1.22. The van der Waals surface area contributed by atoms with Crippen molar-refractivity contribution in [3.05, 3.63) is 68.1 Å². The molecule has 0 spiro atoms. The molecule has 0 saturated carbocycles. The van der Waals surface area contributed by atoms with Gasteiger partial charge in [0.1, 0.15) is 17.7 Å². The van der Waals surface area contributed by atoms with E-state index >= 15 is 0 Å². The highest BCUT2D eigenvalue weighted by Crippen LogP contribution is 2.32. The van der Waals surface area contributed by atoms with Gasteiger partial charge in [-0.15, -0.1) is 0 Å². The van der Waals surface area contributed by atoms with Gasteiger partial charge in [0, 0.05) is 14.5 Å². The molecule has 94 valence electrons. The van der Waals surface area contributed by atoms with Gasteiger partial charge in [0.15, 0.2) is 0 Å². The summed E-state index contributed by atoms with van der Waals surface area (Å²) in [6.07, 6.45) is -1.22. The van der Waals surface area contributed by atoms with Gasteiger partial charge >= 0.3 is 0 Å². The maximum absolute atomic E-state index is 13.6. The minimum absolute atomic E-state index is 0.0852. The molecule has 0 aliphatic carbocycles. The van der Waals surface area contributed by atoms with E-state index in [-0.39, 0.29) is 5.56 Å². The summed E-state index contributed by atoms with van der Waals surface area (Å²) in [6.45, 7) is 0. The van der Waals surface area contributed by atoms with Gasteiger partial charge in [-0.25, -0.2) is 8.78 Å². The molecule has 0 aromatic heterocycles. The Bertz CT molecular complexity index is 587. The third kappa shape index (κ3) is 2.79. The lowest BCUT2D eigenvalue weighted by molar-refractivity contribution is 0.213. The molecule has 0 heterocycles. The van der Waals surface area contributed by atoms with E-state index in [1.165, 1.54) is 0 Å². The third-order valence-corrected chi connectivity index (χ3v) is 3.69. The normalized spacial score (nSPS) is 12.5. The Morgan fingerprint density at radius 2 is 1.67 bits per heavy atom. The minimum atomic E-state index is -1.22. The Morgan fingerprint density at radius 3 is 2.33 bits per heavy atom. The predicted molar refractivity (Wildman–Crippen MR) is 72.3 cm³/mol. The Balaban J connectivity index is 2.47. The Labute approximate surface area is 120 Å². The first-order valence-electron chi connectivity index (χ1n) is 5.07. The lowest BCUT2D eigenvalue weighted by Gasteiger charge is -2.14. The summed E-state index contributed by atoms with van der Waals surface area (Å²) < 4.78 is 28.1. The van der Waals surface area contributed by atoms with E-state index in [0.717, 1.165) is 22.7 Å². The molecule has 0 saturated heterocycles. The quantitative estimate of drug-likeness (QED) is 0.812. The highest BCUT2D eigenvalue weighted by atomic mass is 79.9. The second-order valence-corrected chi connectivity index (χ2v) is 5.50. The monoisotopic (exact) mass is 376 g/mol. The van der Waals surface area contributed by atoms with Crippen LogP contribution in [0.3, 0.4) is 0 Å². The lowest BCUT2D eigenvalue weighted by Crippen LogP contribution is -2.04. The molecule has 5 heteroatoms. The molecule has 1 atom stereocenters. The van der Waals surface area contributed by atoms with Gasteiger partial charge in [-0.1, -0.05) is 37.9 Å². The van der Waals surface area contributed by atoms with Crippen molar-refractivity contribution in [2.24, 2.45) is 0 Å². The van der Waals surface area contributed by atoms with E-state index in [9.17, 15) is 13.9 Å². The van der Waals surface area contributed by atoms with Crippen LogP contribution in [0.5, 0.6) is 0 Å². The number of aliphatic hydroxyl groups is 1. The molecule has 0 aliphatic rings. The van der Waals surface area contributed by atoms with Crippen molar-refractivity contribution in [3.8, 4) is 0 Å². The fourth-order valence-corrected chi connectivity index (χ4v) is 2.88. The zero-order valence-electron chi connectivity index (χ0n) is 9.00. The van der Waals surface area contributed by atoms with Crippen molar-refractivity contribution in [2.45, 2.75) is 6.10 Å². The Kier molecular flexibility index (Phi) is 4.14. The molecular formula is C13H8Br2F2O. The van der Waals surface area contributed by atoms with Crippen LogP contribution < -0.4 is 0 Å². The summed E-state index contributed by atoms with van der Waals surface area (Å²) in [4.78, 5) is 0. The van der Waals surface area contributed by atoms with Crippen molar-refractivity contribution in [1.29, 1.82) is 0 Å². The van der Waals surface area contributed by atoms with Crippen LogP contribution in [0.25, 0.3) is 0 Å². The number of hydrogen-bond acceptors (Lipinski definition) is 1. The van der Waals surface area contributed by atoms with Crippen LogP contribution in [0.2, 0.25) is 0 Å². The van der Waals surface area contributed by atoms with Crippen molar-refractivity contribution in [3.63, 3.8) is 0 Å². The molecule has 1 unspecified atom stereocenters. The Hall–Kier alpha value is -0.780. The molecule has 18 heavy (non-hydrogen) atoms. The predicted octanol–water partition coefficient (Wildman–Crippen LogP) is 4.57. The third-order valence-electron chi connectivity index (χ3n) is 2.51. The second kappa shape index (κ2) is 5.47. The molecule has 0 radical (unpaired) electrons. The van der Waals surface area contributed by atoms with E-state index in [0.29, 0.717) is 10.0 Å². The van der Waals surface area contributed by atoms with Gasteiger partial charge in [-0.05, 0) is 35.9 Å². The number of aliphatic hydroxyl groups excluding tert-OH is 1. The molecule has 0 bridgehead atoms. The second-order valence-electron chi connectivity index (χ2n) is 3.73. The summed E-state index contributed by atoms with van der Waals surface area (Å²) in [5.41, 5.74) is 0.390. The number of hydrogen-bond donors (Lipinski definition) is 1. The lowest BCUT2D eigenvalue weighted by atomic mass is 10.0. The van der Waals surface area contributed by atoms with E-state index in [4.69, 9.17) is 0 Å². The van der Waals surface area contributed by atoms with Crippen molar-refractivity contribution in [2.75, 3.05) is 0 Å². The smallest absolute Gasteiger partial charge is 0.129 e. The molecule has 0 amide bonds. The fraction of sp³-hybridized carbons (Fsp3) is 0.0769. The molecule has 1 N–H and O–H groups in total. The van der Waals surface area contributed by atoms with Crippen molar-refractivity contribution < 1.29 is 13.9 Å². The van der Waals surface area contributed by atoms with Gasteiger partial charge in [-0.3, -0.25) is 0 Å². The summed E-state index contributed by atoms with van der Waals surface area (Å²) in [5, 5.41) is 10.1. The maximum Gasteiger partial charge on any atom is 0.129 e. The van der Waals surface area contributed by atoms with Gasteiger partial charge < -0.3 is 5.11 Å². The van der Waals surface area contributed by atoms with Crippen LogP contribution in [-0.4, -0.2) is 5.11 Å². The van der Waals surface area contributed by atoms with E-state index < -0.39 is 17.7 Å². The molecule has 2 aromatic carbocycles. The SMILES string of the molecule is OC(c1cc(F)ccc1F)c1ccc(Br)cc1Br. The van der Waals surface area contributed by atoms with Crippen LogP contribution in [0.1, 0.15) is 17.2 Å². The summed E-state index contributed by atoms with van der Waals surface area (Å²) >= 11 is 6.56. The first kappa shape index (κ1) is 13.6. The summed E-state index contributed by atoms with van der Waals surface area (Å²) in [6, 6.07) is 8.11. The topological polar surface area (TPSA) is 20.2 Å². The molecule has 0 aliphatic heterocycles. The highest BCUT2D eigenvalue weighted by molar-refractivity contribution is 9.11. The fourth-order valence-electron chi connectivity index (χ4n) is 1.61. The van der Waals surface area contributed by atoms with E-state index in [2.05, 4.69) is 31.9 Å². The maximum atomic E-state index is 13.6. The zero-order chi connectivity index (χ0) is 13.3. The molecule has 0 fully saturated rings. The first-order valence-corrected chi connectivity index (χ1v) is 6.65. The minimum Gasteiger partial charge on any atom is -0.384 e. The average Bonchev–Trinajstić information content (AvgIpc) is 2.31. The Morgan fingerprint density at radius 1 is 0.944 bits per heavy atom. The summed E-state index contributed by atoms with van der Waals surface area (Å²) in [7, 11) is 0. The number of rotatable bonds is 2. The van der Waals surface area contributed by atoms with Gasteiger partial charge in [-0.2, -0.15) is 0 Å². The van der Waals surface area contributed by atoms with Gasteiger partial charge in [0.05, 0.1) is 0 Å². The first-order chi connectivity index (χ1) is 8.49. The molecular weight excluding hydrogens is 370 g/mol. The largest absolute Gasteiger partial charge is 0.384 e. The highest BCUT2D eigenvalue weighted by Gasteiger charge is 2.18. The molecule has 2 rings (SSSR count). The standard InChI is InChI=1S/C13H8Br2F2O/c14-7-1-3-9(11(15)5-7)13(18)10-6-8(16)2-4-12(10)17/h1-6,13,18H. The molecule has 1 nitrogen and oxygen atoms in total. The van der Waals surface area contributed by atoms with E-state index in [1.807, 2.05) is 0 Å². The number of benzene rings is 2. The number of halogens is 4. The van der Waals surface area contributed by atoms with E-state index in [1.54, 1.807) is 18.2 Å². The van der Waals surface area contributed by atoms with Gasteiger partial charge in [0.2, 0.25) is 0 Å². The van der Waals surface area contributed by atoms with Crippen molar-refractivity contribution in [1.82, 2.24) is 0 Å². The van der Waals surface area contributed by atoms with Crippen LogP contribution >= 0.6 is 31.9 Å². The van der Waals surface area contributed by atoms with Gasteiger partial charge in [0.25, 0.3) is 0 Å². The van der Waals surface area contributed by atoms with Crippen LogP contribution in [0, 0.1) is 11.6 Å². The van der Waals surface area contributed by atoms with Crippen molar-refractivity contribution >= 4 is 31.9 Å². The van der Waals surface area contributed by atoms with Crippen LogP contribution in [0.15, 0.2) is 45.3 Å².